The van der Waals surface area contributed by atoms with Gasteiger partial charge in [0.05, 0.1) is 5.92 Å². The number of carbonyl (C=O) groups excluding carboxylic acids is 1. The fourth-order valence-corrected chi connectivity index (χ4v) is 6.12. The number of benzene rings is 3. The maximum Gasteiger partial charge on any atom is 0.231 e. The lowest BCUT2D eigenvalue weighted by Gasteiger charge is -2.38. The first-order chi connectivity index (χ1) is 16.6. The summed E-state index contributed by atoms with van der Waals surface area (Å²) in [7, 11) is 0. The van der Waals surface area contributed by atoms with Crippen LogP contribution in [0.15, 0.2) is 78.9 Å². The number of piperidine rings is 1. The lowest BCUT2D eigenvalue weighted by molar-refractivity contribution is -0.117. The molecule has 2 heterocycles. The molecule has 3 unspecified atom stereocenters. The van der Waals surface area contributed by atoms with E-state index in [1.807, 2.05) is 0 Å². The van der Waals surface area contributed by atoms with Gasteiger partial charge in [-0.05, 0) is 72.5 Å². The summed E-state index contributed by atoms with van der Waals surface area (Å²) in [6, 6.07) is 28.6. The second-order valence-corrected chi connectivity index (χ2v) is 10.1. The van der Waals surface area contributed by atoms with Gasteiger partial charge >= 0.3 is 0 Å². The predicted octanol–water partition coefficient (Wildman–Crippen LogP) is 6.78. The Hall–Kier alpha value is -2.91. The predicted molar refractivity (Wildman–Crippen MR) is 140 cm³/mol. The standard InChI is InChI=1S/C31H36N2O/c1-3-26-29-15-14-25(20-30(29)32-31(26)34)27-16-18-33(21-22(27)2)19-17-28(23-10-6-4-7-11-23)24-12-8-5-9-13-24/h4-15,20,22,26-28H,3,16-19,21H2,1-2H3,(H,32,34). The van der Waals surface area contributed by atoms with Gasteiger partial charge in [-0.15, -0.1) is 0 Å². The van der Waals surface area contributed by atoms with E-state index in [0.29, 0.717) is 17.8 Å². The highest BCUT2D eigenvalue weighted by atomic mass is 16.2. The van der Waals surface area contributed by atoms with Crippen molar-refractivity contribution < 1.29 is 4.79 Å². The third-order valence-corrected chi connectivity index (χ3v) is 7.99. The molecule has 5 rings (SSSR count). The molecule has 0 radical (unpaired) electrons. The Labute approximate surface area is 204 Å². The number of rotatable bonds is 7. The van der Waals surface area contributed by atoms with Crippen LogP contribution in [0.1, 0.15) is 73.1 Å². The average molecular weight is 453 g/mol. The first-order valence-corrected chi connectivity index (χ1v) is 12.9. The molecule has 1 N–H and O–H groups in total. The van der Waals surface area contributed by atoms with E-state index in [9.17, 15) is 4.79 Å². The third kappa shape index (κ3) is 4.67. The van der Waals surface area contributed by atoms with E-state index in [0.717, 1.165) is 38.2 Å². The summed E-state index contributed by atoms with van der Waals surface area (Å²) < 4.78 is 0. The Morgan fingerprint density at radius 1 is 0.971 bits per heavy atom. The minimum Gasteiger partial charge on any atom is -0.325 e. The van der Waals surface area contributed by atoms with Crippen molar-refractivity contribution in [2.24, 2.45) is 5.92 Å². The molecule has 3 aromatic carbocycles. The van der Waals surface area contributed by atoms with E-state index >= 15 is 0 Å². The van der Waals surface area contributed by atoms with Crippen molar-refractivity contribution in [2.45, 2.75) is 50.9 Å². The van der Waals surface area contributed by atoms with Crippen molar-refractivity contribution >= 4 is 11.6 Å². The van der Waals surface area contributed by atoms with E-state index in [1.54, 1.807) is 0 Å². The van der Waals surface area contributed by atoms with Crippen LogP contribution in [0.4, 0.5) is 5.69 Å². The fraction of sp³-hybridized carbons (Fsp3) is 0.387. The highest BCUT2D eigenvalue weighted by Crippen LogP contribution is 2.40. The minimum atomic E-state index is 0.0190. The van der Waals surface area contributed by atoms with Crippen LogP contribution >= 0.6 is 0 Å². The lowest BCUT2D eigenvalue weighted by atomic mass is 9.80. The monoisotopic (exact) mass is 452 g/mol. The van der Waals surface area contributed by atoms with E-state index < -0.39 is 0 Å². The molecule has 0 aromatic heterocycles. The van der Waals surface area contributed by atoms with Gasteiger partial charge in [0.15, 0.2) is 0 Å². The van der Waals surface area contributed by atoms with Gasteiger partial charge in [0.25, 0.3) is 0 Å². The van der Waals surface area contributed by atoms with E-state index in [4.69, 9.17) is 0 Å². The summed E-state index contributed by atoms with van der Waals surface area (Å²) in [5.74, 6) is 1.76. The molecule has 0 aliphatic carbocycles. The molecule has 2 aliphatic rings. The Morgan fingerprint density at radius 3 is 2.26 bits per heavy atom. The van der Waals surface area contributed by atoms with Crippen LogP contribution < -0.4 is 5.32 Å². The molecular weight excluding hydrogens is 416 g/mol. The van der Waals surface area contributed by atoms with Gasteiger partial charge in [-0.1, -0.05) is 86.6 Å². The molecule has 3 nitrogen and oxygen atoms in total. The third-order valence-electron chi connectivity index (χ3n) is 7.99. The van der Waals surface area contributed by atoms with Crippen LogP contribution in [0, 0.1) is 5.92 Å². The van der Waals surface area contributed by atoms with Crippen LogP contribution in [-0.2, 0) is 4.79 Å². The number of nitrogens with one attached hydrogen (secondary N) is 1. The number of hydrogen-bond donors (Lipinski definition) is 1. The molecule has 3 aromatic rings. The van der Waals surface area contributed by atoms with Crippen molar-refractivity contribution in [1.82, 2.24) is 4.90 Å². The smallest absolute Gasteiger partial charge is 0.231 e. The van der Waals surface area contributed by atoms with Crippen LogP contribution in [0.5, 0.6) is 0 Å². The molecule has 0 bridgehead atoms. The van der Waals surface area contributed by atoms with Crippen molar-refractivity contribution in [1.29, 1.82) is 0 Å². The average Bonchev–Trinajstić information content (AvgIpc) is 3.19. The van der Waals surface area contributed by atoms with Gasteiger partial charge in [-0.2, -0.15) is 0 Å². The summed E-state index contributed by atoms with van der Waals surface area (Å²) in [6.45, 7) is 7.85. The molecule has 2 aliphatic heterocycles. The summed E-state index contributed by atoms with van der Waals surface area (Å²) in [6.07, 6.45) is 3.17. The quantitative estimate of drug-likeness (QED) is 0.428. The van der Waals surface area contributed by atoms with Gasteiger partial charge < -0.3 is 10.2 Å². The normalized spacial score (nSPS) is 22.6. The molecule has 34 heavy (non-hydrogen) atoms. The summed E-state index contributed by atoms with van der Waals surface area (Å²) >= 11 is 0. The van der Waals surface area contributed by atoms with E-state index in [1.165, 1.54) is 28.7 Å². The highest BCUT2D eigenvalue weighted by molar-refractivity contribution is 6.02. The summed E-state index contributed by atoms with van der Waals surface area (Å²) in [5.41, 5.74) is 6.41. The zero-order chi connectivity index (χ0) is 23.5. The van der Waals surface area contributed by atoms with Crippen LogP contribution in [0.3, 0.4) is 0 Å². The first kappa shape index (κ1) is 22.9. The lowest BCUT2D eigenvalue weighted by Crippen LogP contribution is -2.39. The summed E-state index contributed by atoms with van der Waals surface area (Å²) in [4.78, 5) is 14.9. The molecule has 0 saturated carbocycles. The number of hydrogen-bond acceptors (Lipinski definition) is 2. The van der Waals surface area contributed by atoms with Gasteiger partial charge in [-0.25, -0.2) is 0 Å². The second-order valence-electron chi connectivity index (χ2n) is 10.1. The van der Waals surface area contributed by atoms with Crippen molar-refractivity contribution in [3.05, 3.63) is 101 Å². The Morgan fingerprint density at radius 2 is 1.65 bits per heavy atom. The molecular formula is C31H36N2O. The van der Waals surface area contributed by atoms with E-state index in [-0.39, 0.29) is 11.8 Å². The first-order valence-electron chi connectivity index (χ1n) is 12.9. The van der Waals surface area contributed by atoms with Crippen LogP contribution in [-0.4, -0.2) is 30.4 Å². The summed E-state index contributed by atoms with van der Waals surface area (Å²) in [5, 5.41) is 3.12. The fourth-order valence-electron chi connectivity index (χ4n) is 6.12. The van der Waals surface area contributed by atoms with Crippen LogP contribution in [0.2, 0.25) is 0 Å². The number of likely N-dealkylation sites (tertiary alicyclic amines) is 1. The SMILES string of the molecule is CCC1C(=O)Nc2cc(C3CCN(CCC(c4ccccc4)c4ccccc4)CC3C)ccc21. The number of carbonyl (C=O) groups is 1. The van der Waals surface area contributed by atoms with Gasteiger partial charge in [0.2, 0.25) is 5.91 Å². The zero-order valence-electron chi connectivity index (χ0n) is 20.4. The highest BCUT2D eigenvalue weighted by Gasteiger charge is 2.32. The van der Waals surface area contributed by atoms with Crippen molar-refractivity contribution in [3.8, 4) is 0 Å². The Bertz CT molecular complexity index is 1070. The van der Waals surface area contributed by atoms with Crippen molar-refractivity contribution in [2.75, 3.05) is 25.0 Å². The number of anilines is 1. The number of fused-ring (bicyclic) bond motifs is 1. The molecule has 1 fully saturated rings. The van der Waals surface area contributed by atoms with E-state index in [2.05, 4.69) is 103 Å². The Balaban J connectivity index is 1.24. The largest absolute Gasteiger partial charge is 0.325 e. The van der Waals surface area contributed by atoms with Gasteiger partial charge in [0.1, 0.15) is 0 Å². The van der Waals surface area contributed by atoms with Gasteiger partial charge in [0, 0.05) is 18.2 Å². The maximum absolute atomic E-state index is 12.3. The molecule has 0 spiro atoms. The molecule has 3 heteroatoms. The second kappa shape index (κ2) is 10.1. The number of nitrogens with zero attached hydrogens (tertiary/aromatic N) is 1. The molecule has 1 amide bonds. The van der Waals surface area contributed by atoms with Crippen LogP contribution in [0.25, 0.3) is 0 Å². The topological polar surface area (TPSA) is 32.3 Å². The van der Waals surface area contributed by atoms with Crippen molar-refractivity contribution in [3.63, 3.8) is 0 Å². The zero-order valence-corrected chi connectivity index (χ0v) is 20.4. The Kier molecular flexibility index (Phi) is 6.82. The minimum absolute atomic E-state index is 0.0190. The molecule has 1 saturated heterocycles. The number of amides is 1. The van der Waals surface area contributed by atoms with Gasteiger partial charge in [-0.3, -0.25) is 4.79 Å². The molecule has 176 valence electrons. The maximum atomic E-state index is 12.3. The molecule has 3 atom stereocenters.